The molecule has 0 amide bonds. The predicted molar refractivity (Wildman–Crippen MR) is 243 cm³/mol. The van der Waals surface area contributed by atoms with Crippen LogP contribution in [0.5, 0.6) is 0 Å². The van der Waals surface area contributed by atoms with Crippen molar-refractivity contribution in [3.05, 3.63) is 226 Å². The fourth-order valence-electron chi connectivity index (χ4n) is 11.4. The van der Waals surface area contributed by atoms with Crippen molar-refractivity contribution in [2.45, 2.75) is 44.9 Å². The summed E-state index contributed by atoms with van der Waals surface area (Å²) in [6.07, 6.45) is 5.24. The van der Waals surface area contributed by atoms with Crippen molar-refractivity contribution >= 4 is 27.9 Å². The van der Waals surface area contributed by atoms with Gasteiger partial charge in [-0.25, -0.2) is 0 Å². The molecule has 3 aliphatic rings. The Hall–Kier alpha value is -6.70. The summed E-state index contributed by atoms with van der Waals surface area (Å²) in [6.45, 7) is 9.20. The van der Waals surface area contributed by atoms with Crippen LogP contribution in [0.2, 0.25) is 0 Å². The van der Waals surface area contributed by atoms with Crippen LogP contribution in [-0.4, -0.2) is 4.57 Å². The molecule has 1 spiro atoms. The van der Waals surface area contributed by atoms with Crippen LogP contribution in [-0.2, 0) is 17.3 Å². The maximum Gasteiger partial charge on any atom is 0.0725 e. The van der Waals surface area contributed by atoms with Crippen LogP contribution in [0.1, 0.15) is 76.4 Å². The zero-order valence-corrected chi connectivity index (χ0v) is 33.4. The Morgan fingerprint density at radius 1 is 0.483 bits per heavy atom. The number of benzene rings is 8. The first-order valence-corrected chi connectivity index (χ1v) is 20.8. The van der Waals surface area contributed by atoms with Gasteiger partial charge in [0.2, 0.25) is 0 Å². The molecule has 8 aromatic carbocycles. The molecule has 1 heterocycles. The highest BCUT2D eigenvalue weighted by molar-refractivity contribution is 6.11. The van der Waals surface area contributed by atoms with E-state index in [9.17, 15) is 0 Å². The Balaban J connectivity index is 0.954. The molecule has 1 aromatic heterocycles. The molecular formula is C57H43N. The van der Waals surface area contributed by atoms with Gasteiger partial charge >= 0.3 is 0 Å². The Morgan fingerprint density at radius 2 is 1.00 bits per heavy atom. The molecule has 3 aliphatic carbocycles. The van der Waals surface area contributed by atoms with Crippen LogP contribution < -0.4 is 0 Å². The topological polar surface area (TPSA) is 4.93 Å². The first kappa shape index (κ1) is 33.4. The van der Waals surface area contributed by atoms with Crippen molar-refractivity contribution in [3.8, 4) is 39.1 Å². The number of fused-ring (bicyclic) bond motifs is 16. The van der Waals surface area contributed by atoms with E-state index in [0.29, 0.717) is 0 Å². The molecule has 0 N–H and O–H groups in total. The number of aryl methyl sites for hydroxylation is 1. The lowest BCUT2D eigenvalue weighted by molar-refractivity contribution is 0.659. The van der Waals surface area contributed by atoms with Crippen LogP contribution in [0.4, 0.5) is 0 Å². The third-order valence-corrected chi connectivity index (χ3v) is 13.9. The molecule has 1 nitrogen and oxygen atoms in total. The third kappa shape index (κ3) is 4.26. The van der Waals surface area contributed by atoms with Crippen molar-refractivity contribution in [1.82, 2.24) is 4.57 Å². The van der Waals surface area contributed by atoms with Gasteiger partial charge in [-0.05, 0) is 127 Å². The fourth-order valence-corrected chi connectivity index (χ4v) is 11.4. The maximum absolute atomic E-state index is 2.53. The molecule has 1 heteroatoms. The summed E-state index contributed by atoms with van der Waals surface area (Å²) >= 11 is 0. The molecule has 0 bridgehead atoms. The van der Waals surface area contributed by atoms with E-state index in [4.69, 9.17) is 0 Å². The van der Waals surface area contributed by atoms with Crippen molar-refractivity contribution in [3.63, 3.8) is 0 Å². The number of nitrogens with zero attached hydrogens (tertiary/aromatic N) is 1. The fraction of sp³-hybridized carbons (Fsp3) is 0.123. The van der Waals surface area contributed by atoms with Crippen LogP contribution in [0, 0.1) is 6.92 Å². The summed E-state index contributed by atoms with van der Waals surface area (Å²) in [6, 6.07) is 62.4. The first-order chi connectivity index (χ1) is 28.4. The highest BCUT2D eigenvalue weighted by atomic mass is 15.0. The van der Waals surface area contributed by atoms with E-state index in [0.717, 1.165) is 6.42 Å². The smallest absolute Gasteiger partial charge is 0.0725 e. The van der Waals surface area contributed by atoms with Gasteiger partial charge in [0.1, 0.15) is 0 Å². The lowest BCUT2D eigenvalue weighted by atomic mass is 9.70. The van der Waals surface area contributed by atoms with Gasteiger partial charge in [-0.3, -0.25) is 0 Å². The number of hydrogen-bond donors (Lipinski definition) is 0. The van der Waals surface area contributed by atoms with Gasteiger partial charge in [0.25, 0.3) is 0 Å². The molecule has 0 saturated carbocycles. The van der Waals surface area contributed by atoms with Crippen molar-refractivity contribution < 1.29 is 0 Å². The average Bonchev–Trinajstić information content (AvgIpc) is 3.92. The minimum atomic E-state index is -0.322. The maximum atomic E-state index is 2.53. The molecule has 0 aliphatic heterocycles. The number of hydrogen-bond acceptors (Lipinski definition) is 0. The van der Waals surface area contributed by atoms with Gasteiger partial charge in [-0.15, -0.1) is 0 Å². The number of allylic oxidation sites excluding steroid dienone is 1. The number of rotatable bonds is 4. The Labute approximate surface area is 340 Å². The summed E-state index contributed by atoms with van der Waals surface area (Å²) in [5, 5.41) is 2.60. The second-order valence-corrected chi connectivity index (χ2v) is 17.2. The minimum absolute atomic E-state index is 0.151. The molecule has 12 rings (SSSR count). The Bertz CT molecular complexity index is 3190. The van der Waals surface area contributed by atoms with Crippen molar-refractivity contribution in [1.29, 1.82) is 0 Å². The SMILES string of the molecule is C/C=C\c1ccc2c3ccccc3n(-c3ccc4c(c3)C(C)(C)c3cc(Cc5ccc6c(c5)C5(c7ccccc7-c7ccccc75)c5ccccc5-6)ccc3-4)c2c1C. The molecule has 58 heavy (non-hydrogen) atoms. The molecule has 9 aromatic rings. The number of para-hydroxylation sites is 1. The summed E-state index contributed by atoms with van der Waals surface area (Å²) < 4.78 is 2.50. The van der Waals surface area contributed by atoms with E-state index in [-0.39, 0.29) is 10.8 Å². The molecule has 0 saturated heterocycles. The Morgan fingerprint density at radius 3 is 1.64 bits per heavy atom. The molecule has 276 valence electrons. The van der Waals surface area contributed by atoms with E-state index >= 15 is 0 Å². The van der Waals surface area contributed by atoms with Crippen LogP contribution in [0.3, 0.4) is 0 Å². The molecule has 0 unspecified atom stereocenters. The van der Waals surface area contributed by atoms with Gasteiger partial charge in [0.05, 0.1) is 16.4 Å². The van der Waals surface area contributed by atoms with E-state index in [1.165, 1.54) is 117 Å². The second-order valence-electron chi connectivity index (χ2n) is 17.2. The van der Waals surface area contributed by atoms with Gasteiger partial charge in [0, 0.05) is 21.9 Å². The second kappa shape index (κ2) is 11.9. The van der Waals surface area contributed by atoms with E-state index in [1.54, 1.807) is 0 Å². The van der Waals surface area contributed by atoms with E-state index in [2.05, 4.69) is 208 Å². The predicted octanol–water partition coefficient (Wildman–Crippen LogP) is 14.4. The Kier molecular flexibility index (Phi) is 6.87. The molecule has 0 fully saturated rings. The van der Waals surface area contributed by atoms with Crippen molar-refractivity contribution in [2.75, 3.05) is 0 Å². The summed E-state index contributed by atoms with van der Waals surface area (Å²) in [5.74, 6) is 0. The molecule has 0 radical (unpaired) electrons. The minimum Gasteiger partial charge on any atom is -0.309 e. The number of aromatic nitrogens is 1. The van der Waals surface area contributed by atoms with Crippen LogP contribution in [0.25, 0.3) is 66.9 Å². The zero-order chi connectivity index (χ0) is 38.9. The average molecular weight is 742 g/mol. The van der Waals surface area contributed by atoms with E-state index in [1.807, 2.05) is 0 Å². The van der Waals surface area contributed by atoms with Gasteiger partial charge in [-0.2, -0.15) is 0 Å². The lowest BCUT2D eigenvalue weighted by Crippen LogP contribution is -2.26. The first-order valence-electron chi connectivity index (χ1n) is 20.8. The van der Waals surface area contributed by atoms with Crippen molar-refractivity contribution in [2.24, 2.45) is 0 Å². The third-order valence-electron chi connectivity index (χ3n) is 13.9. The summed E-state index contributed by atoms with van der Waals surface area (Å²) in [4.78, 5) is 0. The zero-order valence-electron chi connectivity index (χ0n) is 33.4. The lowest BCUT2D eigenvalue weighted by Gasteiger charge is -2.30. The molecular weight excluding hydrogens is 699 g/mol. The van der Waals surface area contributed by atoms with Gasteiger partial charge in [0.15, 0.2) is 0 Å². The molecule has 0 atom stereocenters. The van der Waals surface area contributed by atoms with E-state index < -0.39 is 0 Å². The summed E-state index contributed by atoms with van der Waals surface area (Å²) in [5.41, 5.74) is 25.0. The van der Waals surface area contributed by atoms with Crippen LogP contribution in [0.15, 0.2) is 170 Å². The van der Waals surface area contributed by atoms with Crippen LogP contribution >= 0.6 is 0 Å². The highest BCUT2D eigenvalue weighted by Gasteiger charge is 2.51. The quantitative estimate of drug-likeness (QED) is 0.169. The normalized spacial score (nSPS) is 14.8. The standard InChI is InChI=1S/C57H43N/c1-5-14-38-25-29-47-46-18-9-13-22-54(46)58(55(47)35(38)2)39-26-30-44-43-27-23-36(32-51(43)56(3,4)52(44)34-39)31-37-24-28-45-42-17-8-12-21-50(42)57(53(45)33-37)48-19-10-6-15-40(48)41-16-7-11-20-49(41)57/h5-30,32-34H,31H2,1-4H3/b14-5-. The highest BCUT2D eigenvalue weighted by Crippen LogP contribution is 2.63. The largest absolute Gasteiger partial charge is 0.309 e. The monoisotopic (exact) mass is 741 g/mol. The van der Waals surface area contributed by atoms with Gasteiger partial charge in [-0.1, -0.05) is 172 Å². The van der Waals surface area contributed by atoms with Gasteiger partial charge < -0.3 is 4.57 Å². The summed E-state index contributed by atoms with van der Waals surface area (Å²) in [7, 11) is 0.